The van der Waals surface area contributed by atoms with Crippen LogP contribution in [-0.4, -0.2) is 0 Å². The van der Waals surface area contributed by atoms with E-state index in [2.05, 4.69) is 147 Å². The van der Waals surface area contributed by atoms with Crippen molar-refractivity contribution in [3.8, 4) is 22.3 Å². The average Bonchev–Trinajstić information content (AvgIpc) is 3.40. The van der Waals surface area contributed by atoms with Gasteiger partial charge in [0.25, 0.3) is 0 Å². The molecule has 0 atom stereocenters. The first-order valence-electron chi connectivity index (χ1n) is 17.1. The lowest BCUT2D eigenvalue weighted by atomic mass is 9.71. The third-order valence-corrected chi connectivity index (χ3v) is 11.7. The van der Waals surface area contributed by atoms with Gasteiger partial charge in [0, 0.05) is 10.8 Å². The second-order valence-corrected chi connectivity index (χ2v) is 15.8. The summed E-state index contributed by atoms with van der Waals surface area (Å²) in [6, 6.07) is 33.6. The Kier molecular flexibility index (Phi) is 5.38. The van der Waals surface area contributed by atoms with Crippen LogP contribution in [0.5, 0.6) is 0 Å². The minimum absolute atomic E-state index is 0.0921. The molecule has 0 nitrogen and oxygen atoms in total. The van der Waals surface area contributed by atoms with Crippen LogP contribution in [0.25, 0.3) is 65.3 Å². The molecule has 0 amide bonds. The van der Waals surface area contributed by atoms with Gasteiger partial charge in [0.05, 0.1) is 0 Å². The van der Waals surface area contributed by atoms with Crippen molar-refractivity contribution in [3.63, 3.8) is 0 Å². The van der Waals surface area contributed by atoms with Gasteiger partial charge in [-0.05, 0) is 120 Å². The van der Waals surface area contributed by atoms with Gasteiger partial charge in [-0.2, -0.15) is 0 Å². The fourth-order valence-corrected chi connectivity index (χ4v) is 9.52. The molecular weight excluding hydrogens is 553 g/mol. The molecule has 0 heterocycles. The summed E-state index contributed by atoms with van der Waals surface area (Å²) in [6.45, 7) is 21.3. The molecule has 0 radical (unpaired) electrons. The van der Waals surface area contributed by atoms with Gasteiger partial charge in [-0.1, -0.05) is 143 Å². The molecule has 0 heteroatoms. The highest BCUT2D eigenvalue weighted by Crippen LogP contribution is 2.62. The summed E-state index contributed by atoms with van der Waals surface area (Å²) < 4.78 is 0. The topological polar surface area (TPSA) is 0 Å². The van der Waals surface area contributed by atoms with Crippen LogP contribution >= 0.6 is 0 Å². The van der Waals surface area contributed by atoms with E-state index in [1.807, 2.05) is 0 Å². The van der Waals surface area contributed by atoms with Crippen molar-refractivity contribution in [2.75, 3.05) is 0 Å². The van der Waals surface area contributed by atoms with Gasteiger partial charge in [-0.3, -0.25) is 0 Å². The number of aryl methyl sites for hydroxylation is 3. The molecule has 0 fully saturated rings. The maximum atomic E-state index is 2.51. The van der Waals surface area contributed by atoms with E-state index in [-0.39, 0.29) is 10.8 Å². The molecular formula is C46H42. The Morgan fingerprint density at radius 1 is 0.435 bits per heavy atom. The van der Waals surface area contributed by atoms with Crippen molar-refractivity contribution in [1.82, 2.24) is 0 Å². The predicted molar refractivity (Wildman–Crippen MR) is 200 cm³/mol. The van der Waals surface area contributed by atoms with Gasteiger partial charge in [0.15, 0.2) is 0 Å². The summed E-state index contributed by atoms with van der Waals surface area (Å²) in [4.78, 5) is 0. The van der Waals surface area contributed by atoms with Crippen molar-refractivity contribution in [1.29, 1.82) is 0 Å². The Bertz CT molecular complexity index is 2510. The molecule has 0 bridgehead atoms. The molecule has 0 saturated heterocycles. The van der Waals surface area contributed by atoms with Gasteiger partial charge in [0.2, 0.25) is 0 Å². The van der Waals surface area contributed by atoms with Crippen LogP contribution in [0.15, 0.2) is 84.9 Å². The molecule has 0 saturated carbocycles. The molecule has 9 rings (SSSR count). The van der Waals surface area contributed by atoms with E-state index in [1.165, 1.54) is 110 Å². The summed E-state index contributed by atoms with van der Waals surface area (Å²) >= 11 is 0. The summed E-state index contributed by atoms with van der Waals surface area (Å²) in [5.41, 5.74) is 16.8. The summed E-state index contributed by atoms with van der Waals surface area (Å²) in [7, 11) is 0. The molecule has 0 aliphatic heterocycles. The van der Waals surface area contributed by atoms with E-state index in [1.54, 1.807) is 0 Å². The highest BCUT2D eigenvalue weighted by molar-refractivity contribution is 6.35. The highest BCUT2D eigenvalue weighted by atomic mass is 14.5. The zero-order valence-corrected chi connectivity index (χ0v) is 28.7. The molecule has 0 spiro atoms. The maximum absolute atomic E-state index is 2.51. The van der Waals surface area contributed by atoms with Crippen molar-refractivity contribution in [2.24, 2.45) is 0 Å². The minimum Gasteiger partial charge on any atom is -0.0587 e. The maximum Gasteiger partial charge on any atom is 0.0168 e. The zero-order chi connectivity index (χ0) is 32.0. The van der Waals surface area contributed by atoms with Crippen molar-refractivity contribution < 1.29 is 0 Å². The van der Waals surface area contributed by atoms with Gasteiger partial charge in [0.1, 0.15) is 0 Å². The Morgan fingerprint density at radius 3 is 1.54 bits per heavy atom. The van der Waals surface area contributed by atoms with E-state index in [4.69, 9.17) is 0 Å². The lowest BCUT2D eigenvalue weighted by molar-refractivity contribution is 0.603. The Morgan fingerprint density at radius 2 is 0.935 bits per heavy atom. The van der Waals surface area contributed by atoms with Crippen LogP contribution in [0.2, 0.25) is 0 Å². The largest absolute Gasteiger partial charge is 0.0587 e. The first-order valence-corrected chi connectivity index (χ1v) is 17.1. The lowest BCUT2D eigenvalue weighted by Crippen LogP contribution is -2.24. The molecule has 7 aromatic rings. The predicted octanol–water partition coefficient (Wildman–Crippen LogP) is 13.0. The van der Waals surface area contributed by atoms with Crippen LogP contribution in [-0.2, 0) is 10.8 Å². The van der Waals surface area contributed by atoms with Crippen LogP contribution in [0.1, 0.15) is 92.0 Å². The van der Waals surface area contributed by atoms with E-state index in [9.17, 15) is 0 Å². The van der Waals surface area contributed by atoms with Crippen LogP contribution in [0.4, 0.5) is 0 Å². The van der Waals surface area contributed by atoms with E-state index in [0.717, 1.165) is 0 Å². The monoisotopic (exact) mass is 594 g/mol. The molecule has 2 aliphatic carbocycles. The van der Waals surface area contributed by atoms with Crippen molar-refractivity contribution in [3.05, 3.63) is 129 Å². The Labute approximate surface area is 273 Å². The second-order valence-electron chi connectivity index (χ2n) is 15.8. The van der Waals surface area contributed by atoms with Gasteiger partial charge < -0.3 is 0 Å². The Hall–Kier alpha value is -4.42. The van der Waals surface area contributed by atoms with E-state index >= 15 is 0 Å². The normalized spacial score (nSPS) is 15.6. The minimum atomic E-state index is -0.192. The SMILES string of the molecule is Cc1ccc2c(c1)c1c(c3c4ccc(C)cc4c4cc(C)ccc4c23)C(C)(C)c2c-1ccc1c2C(C)(C)c2cc(C(C)C)ccc2-1. The lowest BCUT2D eigenvalue weighted by Gasteiger charge is -2.31. The van der Waals surface area contributed by atoms with Crippen molar-refractivity contribution in [2.45, 2.75) is 79.1 Å². The molecule has 0 N–H and O–H groups in total. The number of benzene rings is 7. The van der Waals surface area contributed by atoms with E-state index in [0.29, 0.717) is 5.92 Å². The molecule has 226 valence electrons. The number of rotatable bonds is 1. The third-order valence-electron chi connectivity index (χ3n) is 11.7. The fourth-order valence-electron chi connectivity index (χ4n) is 9.52. The first-order chi connectivity index (χ1) is 21.9. The standard InChI is InChI=1S/C46H42/c1-24(2)28-13-17-29-33-18-19-34-40-37-22-27(5)12-16-32(37)39-30-14-10-25(3)20-35(30)36-21-26(4)11-15-31(36)41(39)44(40)46(8,9)43(34)42(33)45(6,7)38(29)23-28/h10-24H,1-9H3. The number of fused-ring (bicyclic) bond motifs is 17. The zero-order valence-electron chi connectivity index (χ0n) is 28.7. The molecule has 46 heavy (non-hydrogen) atoms. The third kappa shape index (κ3) is 3.35. The summed E-state index contributed by atoms with van der Waals surface area (Å²) in [6.07, 6.45) is 0. The van der Waals surface area contributed by atoms with Crippen LogP contribution in [0.3, 0.4) is 0 Å². The summed E-state index contributed by atoms with van der Waals surface area (Å²) in [5, 5.41) is 11.1. The van der Waals surface area contributed by atoms with Gasteiger partial charge >= 0.3 is 0 Å². The van der Waals surface area contributed by atoms with Crippen LogP contribution in [0, 0.1) is 20.8 Å². The Balaban J connectivity index is 1.50. The second kappa shape index (κ2) is 8.89. The van der Waals surface area contributed by atoms with E-state index < -0.39 is 0 Å². The fraction of sp³-hybridized carbons (Fsp3) is 0.261. The molecule has 0 aromatic heterocycles. The summed E-state index contributed by atoms with van der Waals surface area (Å²) in [5.74, 6) is 0.507. The number of hydrogen-bond acceptors (Lipinski definition) is 0. The van der Waals surface area contributed by atoms with Crippen molar-refractivity contribution >= 4 is 43.1 Å². The molecule has 2 aliphatic rings. The van der Waals surface area contributed by atoms with Gasteiger partial charge in [-0.15, -0.1) is 0 Å². The smallest absolute Gasteiger partial charge is 0.0168 e. The number of hydrogen-bond donors (Lipinski definition) is 0. The first kappa shape index (κ1) is 27.9. The highest BCUT2D eigenvalue weighted by Gasteiger charge is 2.47. The molecule has 7 aromatic carbocycles. The van der Waals surface area contributed by atoms with Crippen LogP contribution < -0.4 is 0 Å². The molecule has 0 unspecified atom stereocenters. The van der Waals surface area contributed by atoms with Gasteiger partial charge in [-0.25, -0.2) is 0 Å². The average molecular weight is 595 g/mol. The quantitative estimate of drug-likeness (QED) is 0.166.